The number of hydrogen-bond acceptors (Lipinski definition) is 5. The van der Waals surface area contributed by atoms with Crippen molar-refractivity contribution >= 4 is 17.5 Å². The number of rotatable bonds is 6. The van der Waals surface area contributed by atoms with Gasteiger partial charge in [0.05, 0.1) is 19.5 Å². The van der Waals surface area contributed by atoms with E-state index in [2.05, 4.69) is 10.3 Å². The summed E-state index contributed by atoms with van der Waals surface area (Å²) in [5.74, 6) is -0.842. The first-order valence-electron chi connectivity index (χ1n) is 7.17. The Labute approximate surface area is 132 Å². The predicted molar refractivity (Wildman–Crippen MR) is 83.3 cm³/mol. The maximum absolute atomic E-state index is 12.1. The fourth-order valence-electron chi connectivity index (χ4n) is 2.40. The molecule has 2 aromatic rings. The molecule has 0 aliphatic carbocycles. The van der Waals surface area contributed by atoms with Crippen LogP contribution in [-0.2, 0) is 16.1 Å². The van der Waals surface area contributed by atoms with Gasteiger partial charge in [-0.25, -0.2) is 4.98 Å². The first-order valence-corrected chi connectivity index (χ1v) is 7.17. The third-order valence-electron chi connectivity index (χ3n) is 3.46. The summed E-state index contributed by atoms with van der Waals surface area (Å²) in [7, 11) is 0. The van der Waals surface area contributed by atoms with Gasteiger partial charge in [0.25, 0.3) is 11.8 Å². The van der Waals surface area contributed by atoms with Crippen molar-refractivity contribution in [3.63, 3.8) is 0 Å². The van der Waals surface area contributed by atoms with Crippen molar-refractivity contribution in [1.82, 2.24) is 14.5 Å². The third-order valence-corrected chi connectivity index (χ3v) is 3.46. The zero-order chi connectivity index (χ0) is 16.2. The minimum absolute atomic E-state index is 0.0000156. The van der Waals surface area contributed by atoms with Crippen LogP contribution >= 0.6 is 0 Å². The Morgan fingerprint density at radius 1 is 1.26 bits per heavy atom. The first kappa shape index (κ1) is 15.0. The van der Waals surface area contributed by atoms with Crippen molar-refractivity contribution < 1.29 is 14.7 Å². The number of aliphatic hydroxyl groups excluding tert-OH is 1. The van der Waals surface area contributed by atoms with E-state index >= 15 is 0 Å². The minimum Gasteiger partial charge on any atom is -0.395 e. The van der Waals surface area contributed by atoms with Crippen LogP contribution < -0.4 is 5.32 Å². The maximum atomic E-state index is 12.1. The summed E-state index contributed by atoms with van der Waals surface area (Å²) in [6.07, 6.45) is 6.56. The summed E-state index contributed by atoms with van der Waals surface area (Å²) in [4.78, 5) is 28.8. The van der Waals surface area contributed by atoms with E-state index in [4.69, 9.17) is 5.11 Å². The molecule has 0 atom stereocenters. The molecule has 2 N–H and O–H groups in total. The van der Waals surface area contributed by atoms with E-state index in [1.54, 1.807) is 12.5 Å². The van der Waals surface area contributed by atoms with Crippen LogP contribution in [0.3, 0.4) is 0 Å². The number of aliphatic hydroxyl groups is 1. The lowest BCUT2D eigenvalue weighted by molar-refractivity contribution is -0.137. The van der Waals surface area contributed by atoms with Gasteiger partial charge >= 0.3 is 0 Å². The molecule has 118 valence electrons. The lowest BCUT2D eigenvalue weighted by Gasteiger charge is -2.13. The van der Waals surface area contributed by atoms with Gasteiger partial charge in [-0.15, -0.1) is 0 Å². The van der Waals surface area contributed by atoms with E-state index in [1.807, 2.05) is 35.0 Å². The van der Waals surface area contributed by atoms with Crippen LogP contribution in [0.25, 0.3) is 0 Å². The number of nitrogens with one attached hydrogen (secondary N) is 1. The third kappa shape index (κ3) is 3.29. The molecule has 1 aliphatic heterocycles. The van der Waals surface area contributed by atoms with E-state index in [0.717, 1.165) is 16.2 Å². The molecule has 0 saturated carbocycles. The lowest BCUT2D eigenvalue weighted by Crippen LogP contribution is -2.34. The van der Waals surface area contributed by atoms with Gasteiger partial charge in [-0.1, -0.05) is 12.1 Å². The molecule has 7 heteroatoms. The number of nitrogens with zero attached hydrogens (tertiary/aromatic N) is 3. The molecule has 0 spiro atoms. The van der Waals surface area contributed by atoms with E-state index in [9.17, 15) is 9.59 Å². The normalized spacial score (nSPS) is 14.3. The van der Waals surface area contributed by atoms with Crippen LogP contribution in [0.5, 0.6) is 0 Å². The molecule has 0 bridgehead atoms. The van der Waals surface area contributed by atoms with Crippen molar-refractivity contribution in [3.8, 4) is 0 Å². The number of benzene rings is 1. The Balaban J connectivity index is 1.72. The van der Waals surface area contributed by atoms with Crippen molar-refractivity contribution in [2.75, 3.05) is 18.5 Å². The summed E-state index contributed by atoms with van der Waals surface area (Å²) in [6.45, 7) is 0.414. The largest absolute Gasteiger partial charge is 0.395 e. The van der Waals surface area contributed by atoms with Crippen molar-refractivity contribution in [3.05, 3.63) is 60.3 Å². The van der Waals surface area contributed by atoms with E-state index in [0.29, 0.717) is 6.54 Å². The van der Waals surface area contributed by atoms with Gasteiger partial charge in [0.15, 0.2) is 0 Å². The van der Waals surface area contributed by atoms with Gasteiger partial charge in [0.2, 0.25) is 0 Å². The second kappa shape index (κ2) is 6.45. The molecular weight excluding hydrogens is 296 g/mol. The SMILES string of the molecule is O=C1C=C(Nc2cccc(Cn3ccnc3)c2)C(=O)N1CCO. The van der Waals surface area contributed by atoms with Gasteiger partial charge < -0.3 is 15.0 Å². The Morgan fingerprint density at radius 2 is 2.13 bits per heavy atom. The monoisotopic (exact) mass is 312 g/mol. The molecule has 23 heavy (non-hydrogen) atoms. The molecule has 3 rings (SSSR count). The summed E-state index contributed by atoms with van der Waals surface area (Å²) in [6, 6.07) is 7.58. The second-order valence-electron chi connectivity index (χ2n) is 5.14. The molecule has 7 nitrogen and oxygen atoms in total. The summed E-state index contributed by atoms with van der Waals surface area (Å²) < 4.78 is 1.94. The molecule has 2 heterocycles. The number of anilines is 1. The summed E-state index contributed by atoms with van der Waals surface area (Å²) in [5.41, 5.74) is 1.97. The summed E-state index contributed by atoms with van der Waals surface area (Å²) >= 11 is 0. The van der Waals surface area contributed by atoms with Gasteiger partial charge in [-0.2, -0.15) is 0 Å². The number of hydrogen-bond donors (Lipinski definition) is 2. The molecule has 0 saturated heterocycles. The van der Waals surface area contributed by atoms with Crippen LogP contribution in [0.2, 0.25) is 0 Å². The standard InChI is InChI=1S/C16H16N4O3/c21-7-6-20-15(22)9-14(16(20)23)18-13-3-1-2-12(8-13)10-19-5-4-17-11-19/h1-5,8-9,11,18,21H,6-7,10H2. The van der Waals surface area contributed by atoms with Crippen LogP contribution in [0.4, 0.5) is 5.69 Å². The van der Waals surface area contributed by atoms with E-state index in [1.165, 1.54) is 6.08 Å². The molecule has 0 unspecified atom stereocenters. The predicted octanol–water partition coefficient (Wildman–Crippen LogP) is 0.588. The number of imidazole rings is 1. The molecule has 0 fully saturated rings. The smallest absolute Gasteiger partial charge is 0.277 e. The number of aromatic nitrogens is 2. The highest BCUT2D eigenvalue weighted by Crippen LogP contribution is 2.18. The summed E-state index contributed by atoms with van der Waals surface area (Å²) in [5, 5.41) is 11.9. The lowest BCUT2D eigenvalue weighted by atomic mass is 10.2. The Hall–Kier alpha value is -2.93. The number of β-amino-alcohol motifs (C(OH)–C–C–N with tert-alkyl or cyclic N) is 1. The van der Waals surface area contributed by atoms with Gasteiger partial charge in [-0.3, -0.25) is 14.5 Å². The number of amides is 2. The zero-order valence-electron chi connectivity index (χ0n) is 12.3. The molecular formula is C16H16N4O3. The van der Waals surface area contributed by atoms with Crippen LogP contribution in [0, 0.1) is 0 Å². The highest BCUT2D eigenvalue weighted by molar-refractivity contribution is 6.17. The van der Waals surface area contributed by atoms with Gasteiger partial charge in [-0.05, 0) is 17.7 Å². The average molecular weight is 312 g/mol. The van der Waals surface area contributed by atoms with Crippen LogP contribution in [0.15, 0.2) is 54.8 Å². The van der Waals surface area contributed by atoms with E-state index in [-0.39, 0.29) is 18.8 Å². The Bertz CT molecular complexity index is 752. The molecule has 1 aromatic carbocycles. The molecule has 1 aliphatic rings. The van der Waals surface area contributed by atoms with Crippen LogP contribution in [0.1, 0.15) is 5.56 Å². The number of carbonyl (C=O) groups excluding carboxylic acids is 2. The second-order valence-corrected chi connectivity index (χ2v) is 5.14. The van der Waals surface area contributed by atoms with Crippen molar-refractivity contribution in [2.24, 2.45) is 0 Å². The molecule has 1 aromatic heterocycles. The van der Waals surface area contributed by atoms with Gasteiger partial charge in [0, 0.05) is 30.7 Å². The minimum atomic E-state index is -0.427. The topological polar surface area (TPSA) is 87.5 Å². The fourth-order valence-corrected chi connectivity index (χ4v) is 2.40. The highest BCUT2D eigenvalue weighted by Gasteiger charge is 2.30. The van der Waals surface area contributed by atoms with Crippen molar-refractivity contribution in [2.45, 2.75) is 6.54 Å². The van der Waals surface area contributed by atoms with Crippen molar-refractivity contribution in [1.29, 1.82) is 0 Å². The molecule has 0 radical (unpaired) electrons. The van der Waals surface area contributed by atoms with Crippen LogP contribution in [-0.4, -0.2) is 44.5 Å². The quantitative estimate of drug-likeness (QED) is 0.762. The zero-order valence-corrected chi connectivity index (χ0v) is 12.3. The highest BCUT2D eigenvalue weighted by atomic mass is 16.3. The molecule has 2 amide bonds. The average Bonchev–Trinajstić information content (AvgIpc) is 3.12. The first-order chi connectivity index (χ1) is 11.2. The number of imide groups is 1. The fraction of sp³-hybridized carbons (Fsp3) is 0.188. The maximum Gasteiger partial charge on any atom is 0.277 e. The Morgan fingerprint density at radius 3 is 2.87 bits per heavy atom. The Kier molecular flexibility index (Phi) is 4.20. The van der Waals surface area contributed by atoms with E-state index < -0.39 is 11.8 Å². The van der Waals surface area contributed by atoms with Gasteiger partial charge in [0.1, 0.15) is 5.70 Å². The number of carbonyl (C=O) groups is 2.